The number of hydrogen-bond donors (Lipinski definition) is 1. The molecular formula is C31H31FN2O4. The molecule has 6 nitrogen and oxygen atoms in total. The van der Waals surface area contributed by atoms with Crippen LogP contribution in [0.3, 0.4) is 0 Å². The average Bonchev–Trinajstić information content (AvgIpc) is 3.02. The summed E-state index contributed by atoms with van der Waals surface area (Å²) >= 11 is 0. The van der Waals surface area contributed by atoms with Crippen molar-refractivity contribution in [2.24, 2.45) is 5.41 Å². The van der Waals surface area contributed by atoms with Crippen molar-refractivity contribution < 1.29 is 23.5 Å². The highest BCUT2D eigenvalue weighted by Crippen LogP contribution is 2.48. The predicted molar refractivity (Wildman–Crippen MR) is 145 cm³/mol. The first-order chi connectivity index (χ1) is 18.2. The number of ether oxygens (including phenoxy) is 2. The zero-order valence-corrected chi connectivity index (χ0v) is 22.0. The number of allylic oxidation sites excluding steroid dienone is 1. The Labute approximate surface area is 222 Å². The third-order valence-electron chi connectivity index (χ3n) is 7.07. The second kappa shape index (κ2) is 9.97. The van der Waals surface area contributed by atoms with Crippen molar-refractivity contribution in [2.45, 2.75) is 46.3 Å². The van der Waals surface area contributed by atoms with Gasteiger partial charge in [0.15, 0.2) is 5.78 Å². The molecule has 3 aromatic rings. The molecule has 0 spiro atoms. The van der Waals surface area contributed by atoms with Gasteiger partial charge in [0.2, 0.25) is 5.91 Å². The lowest BCUT2D eigenvalue weighted by Gasteiger charge is -2.37. The maximum absolute atomic E-state index is 13.7. The van der Waals surface area contributed by atoms with Gasteiger partial charge in [0.25, 0.3) is 0 Å². The van der Waals surface area contributed by atoms with Crippen molar-refractivity contribution in [3.05, 3.63) is 94.9 Å². The first-order valence-corrected chi connectivity index (χ1v) is 12.6. The SMILES string of the molecule is COc1ccc([C@@H]2C3=C(CC(C)(C)CC3=O)Nc3ccccc3N2C(C)=O)cc1COc1ccc(F)cc1. The largest absolute Gasteiger partial charge is 0.496 e. The van der Waals surface area contributed by atoms with Gasteiger partial charge in [0.1, 0.15) is 23.9 Å². The fraction of sp³-hybridized carbons (Fsp3) is 0.290. The molecule has 0 aromatic heterocycles. The molecule has 1 N–H and O–H groups in total. The summed E-state index contributed by atoms with van der Waals surface area (Å²) in [4.78, 5) is 28.7. The van der Waals surface area contributed by atoms with Gasteiger partial charge in [0, 0.05) is 30.2 Å². The maximum atomic E-state index is 13.7. The van der Waals surface area contributed by atoms with Crippen molar-refractivity contribution in [1.82, 2.24) is 0 Å². The van der Waals surface area contributed by atoms with Crippen LogP contribution in [0.25, 0.3) is 0 Å². The fourth-order valence-corrected chi connectivity index (χ4v) is 5.42. The smallest absolute Gasteiger partial charge is 0.224 e. The summed E-state index contributed by atoms with van der Waals surface area (Å²) in [6, 6.07) is 18.5. The van der Waals surface area contributed by atoms with Gasteiger partial charge >= 0.3 is 0 Å². The molecule has 1 aliphatic heterocycles. The van der Waals surface area contributed by atoms with Crippen molar-refractivity contribution in [3.63, 3.8) is 0 Å². The zero-order chi connectivity index (χ0) is 27.0. The third-order valence-corrected chi connectivity index (χ3v) is 7.07. The number of carbonyl (C=O) groups excluding carboxylic acids is 2. The van der Waals surface area contributed by atoms with Gasteiger partial charge in [-0.05, 0) is 65.9 Å². The number of carbonyl (C=O) groups is 2. The number of benzene rings is 3. The van der Waals surface area contributed by atoms with Crippen LogP contribution in [0, 0.1) is 11.2 Å². The van der Waals surface area contributed by atoms with E-state index < -0.39 is 6.04 Å². The molecule has 0 saturated carbocycles. The minimum Gasteiger partial charge on any atom is -0.496 e. The van der Waals surface area contributed by atoms with E-state index in [1.165, 1.54) is 19.1 Å². The van der Waals surface area contributed by atoms with Crippen LogP contribution in [0.1, 0.15) is 50.8 Å². The Kier molecular flexibility index (Phi) is 6.69. The number of amides is 1. The number of methoxy groups -OCH3 is 1. The van der Waals surface area contributed by atoms with Crippen LogP contribution in [-0.2, 0) is 16.2 Å². The van der Waals surface area contributed by atoms with Crippen LogP contribution in [-0.4, -0.2) is 18.8 Å². The molecule has 5 rings (SSSR count). The van der Waals surface area contributed by atoms with Gasteiger partial charge in [-0.1, -0.05) is 32.0 Å². The van der Waals surface area contributed by atoms with Crippen molar-refractivity contribution in [2.75, 3.05) is 17.3 Å². The molecule has 7 heteroatoms. The number of ketones is 1. The first kappa shape index (κ1) is 25.5. The van der Waals surface area contributed by atoms with Crippen LogP contribution in [0.5, 0.6) is 11.5 Å². The molecule has 0 bridgehead atoms. The van der Waals surface area contributed by atoms with Gasteiger partial charge in [0.05, 0.1) is 24.5 Å². The number of Topliss-reactive ketones (excluding diaryl/α,β-unsaturated/α-hetero) is 1. The monoisotopic (exact) mass is 514 g/mol. The first-order valence-electron chi connectivity index (χ1n) is 12.6. The highest BCUT2D eigenvalue weighted by molar-refractivity contribution is 6.05. The molecule has 1 aliphatic carbocycles. The number of hydrogen-bond acceptors (Lipinski definition) is 5. The second-order valence-corrected chi connectivity index (χ2v) is 10.6. The Morgan fingerprint density at radius 1 is 1.08 bits per heavy atom. The summed E-state index contributed by atoms with van der Waals surface area (Å²) in [5.74, 6) is 0.644. The Bertz CT molecular complexity index is 1430. The van der Waals surface area contributed by atoms with E-state index in [4.69, 9.17) is 9.47 Å². The summed E-state index contributed by atoms with van der Waals surface area (Å²) in [6.07, 6.45) is 1.07. The van der Waals surface area contributed by atoms with Crippen LogP contribution in [0.15, 0.2) is 78.0 Å². The summed E-state index contributed by atoms with van der Waals surface area (Å²) in [5.41, 5.74) is 4.26. The van der Waals surface area contributed by atoms with Crippen LogP contribution in [0.2, 0.25) is 0 Å². The fourth-order valence-electron chi connectivity index (χ4n) is 5.42. The van der Waals surface area contributed by atoms with E-state index in [9.17, 15) is 14.0 Å². The molecule has 3 aromatic carbocycles. The van der Waals surface area contributed by atoms with Crippen LogP contribution >= 0.6 is 0 Å². The molecule has 0 fully saturated rings. The molecule has 1 heterocycles. The van der Waals surface area contributed by atoms with Gasteiger partial charge in [-0.25, -0.2) is 4.39 Å². The van der Waals surface area contributed by atoms with Gasteiger partial charge in [-0.3, -0.25) is 14.5 Å². The molecule has 2 aliphatic rings. The van der Waals surface area contributed by atoms with E-state index in [2.05, 4.69) is 19.2 Å². The molecule has 38 heavy (non-hydrogen) atoms. The predicted octanol–water partition coefficient (Wildman–Crippen LogP) is 6.58. The lowest BCUT2D eigenvalue weighted by molar-refractivity contribution is -0.118. The molecule has 0 saturated heterocycles. The average molecular weight is 515 g/mol. The topological polar surface area (TPSA) is 67.9 Å². The third kappa shape index (κ3) is 4.88. The number of para-hydroxylation sites is 2. The quantitative estimate of drug-likeness (QED) is 0.417. The molecule has 1 amide bonds. The number of nitrogens with zero attached hydrogens (tertiary/aromatic N) is 1. The van der Waals surface area contributed by atoms with Crippen LogP contribution in [0.4, 0.5) is 15.8 Å². The van der Waals surface area contributed by atoms with Crippen molar-refractivity contribution in [1.29, 1.82) is 0 Å². The molecule has 196 valence electrons. The molecule has 1 atom stereocenters. The second-order valence-electron chi connectivity index (χ2n) is 10.6. The van der Waals surface area contributed by atoms with Crippen molar-refractivity contribution in [3.8, 4) is 11.5 Å². The lowest BCUT2D eigenvalue weighted by Crippen LogP contribution is -2.38. The molecule has 0 radical (unpaired) electrons. The highest BCUT2D eigenvalue weighted by atomic mass is 19.1. The normalized spacial score (nSPS) is 18.2. The van der Waals surface area contributed by atoms with E-state index in [1.807, 2.05) is 42.5 Å². The Hall–Kier alpha value is -4.13. The number of nitrogens with one attached hydrogen (secondary N) is 1. The van der Waals surface area contributed by atoms with Crippen LogP contribution < -0.4 is 19.7 Å². The molecule has 0 unspecified atom stereocenters. The van der Waals surface area contributed by atoms with Gasteiger partial charge in [-0.2, -0.15) is 0 Å². The maximum Gasteiger partial charge on any atom is 0.224 e. The summed E-state index contributed by atoms with van der Waals surface area (Å²) in [7, 11) is 1.58. The standard InChI is InChI=1S/C31H31FN2O4/c1-19(35)34-26-8-6-5-7-24(26)33-25-16-31(2,3)17-27(36)29(25)30(34)20-9-14-28(37-4)21(15-20)18-38-23-12-10-22(32)11-13-23/h5-15,30,33H,16-18H2,1-4H3/t30-/m1/s1. The summed E-state index contributed by atoms with van der Waals surface area (Å²) in [5, 5.41) is 3.51. The van der Waals surface area contributed by atoms with Crippen molar-refractivity contribution >= 4 is 23.1 Å². The zero-order valence-electron chi connectivity index (χ0n) is 22.0. The minimum absolute atomic E-state index is 0.0211. The van der Waals surface area contributed by atoms with E-state index in [0.29, 0.717) is 35.6 Å². The lowest BCUT2D eigenvalue weighted by atomic mass is 9.73. The summed E-state index contributed by atoms with van der Waals surface area (Å²) < 4.78 is 24.9. The number of halogens is 1. The Morgan fingerprint density at radius 2 is 1.82 bits per heavy atom. The summed E-state index contributed by atoms with van der Waals surface area (Å²) in [6.45, 7) is 5.86. The number of rotatable bonds is 5. The number of fused-ring (bicyclic) bond motifs is 1. The van der Waals surface area contributed by atoms with E-state index in [0.717, 1.165) is 22.5 Å². The van der Waals surface area contributed by atoms with Gasteiger partial charge in [-0.15, -0.1) is 0 Å². The number of anilines is 2. The highest BCUT2D eigenvalue weighted by Gasteiger charge is 2.42. The van der Waals surface area contributed by atoms with E-state index in [-0.39, 0.29) is 29.5 Å². The minimum atomic E-state index is -0.627. The van der Waals surface area contributed by atoms with E-state index >= 15 is 0 Å². The van der Waals surface area contributed by atoms with Gasteiger partial charge < -0.3 is 14.8 Å². The molecular weight excluding hydrogens is 483 g/mol. The van der Waals surface area contributed by atoms with E-state index in [1.54, 1.807) is 24.1 Å². The Morgan fingerprint density at radius 3 is 2.53 bits per heavy atom. The Balaban J connectivity index is 1.64.